The standard InChI is InChI=1S/C21H37NO2/c1-3-5-7-9-11-13-15-17-20(19-22)21(23)24-18-16-14-12-10-8-6-4-2/h17H,3-16,18H2,1-2H3/b20-17+. The molecule has 0 aromatic heterocycles. The van der Waals surface area contributed by atoms with Crippen molar-refractivity contribution in [1.82, 2.24) is 0 Å². The molecule has 0 aromatic carbocycles. The zero-order valence-corrected chi connectivity index (χ0v) is 15.9. The molecule has 3 heteroatoms. The zero-order chi connectivity index (χ0) is 17.9. The van der Waals surface area contributed by atoms with Crippen molar-refractivity contribution in [1.29, 1.82) is 5.26 Å². The van der Waals surface area contributed by atoms with Crippen molar-refractivity contribution in [3.63, 3.8) is 0 Å². The highest BCUT2D eigenvalue weighted by Crippen LogP contribution is 2.10. The van der Waals surface area contributed by atoms with Gasteiger partial charge in [0.1, 0.15) is 11.6 Å². The molecule has 0 saturated carbocycles. The van der Waals surface area contributed by atoms with E-state index in [0.29, 0.717) is 6.61 Å². The van der Waals surface area contributed by atoms with Crippen molar-refractivity contribution in [3.05, 3.63) is 11.6 Å². The van der Waals surface area contributed by atoms with Gasteiger partial charge in [0.25, 0.3) is 0 Å². The van der Waals surface area contributed by atoms with E-state index >= 15 is 0 Å². The van der Waals surface area contributed by atoms with Gasteiger partial charge >= 0.3 is 5.97 Å². The lowest BCUT2D eigenvalue weighted by Gasteiger charge is -2.04. The molecule has 0 radical (unpaired) electrons. The first-order valence-corrected chi connectivity index (χ1v) is 10.0. The number of unbranched alkanes of at least 4 members (excludes halogenated alkanes) is 12. The molecule has 0 aromatic rings. The molecule has 0 fully saturated rings. The molecule has 0 rings (SSSR count). The zero-order valence-electron chi connectivity index (χ0n) is 15.9. The molecule has 138 valence electrons. The van der Waals surface area contributed by atoms with Gasteiger partial charge in [0, 0.05) is 0 Å². The van der Waals surface area contributed by atoms with Crippen LogP contribution in [0.4, 0.5) is 0 Å². The number of nitrogens with zero attached hydrogens (tertiary/aromatic N) is 1. The third-order valence-electron chi connectivity index (χ3n) is 4.23. The van der Waals surface area contributed by atoms with Crippen LogP contribution in [0.1, 0.15) is 104 Å². The van der Waals surface area contributed by atoms with E-state index < -0.39 is 5.97 Å². The number of carbonyl (C=O) groups is 1. The highest BCUT2D eigenvalue weighted by molar-refractivity contribution is 5.92. The summed E-state index contributed by atoms with van der Waals surface area (Å²) in [6.45, 7) is 4.86. The second kappa shape index (κ2) is 18.0. The predicted molar refractivity (Wildman–Crippen MR) is 101 cm³/mol. The third kappa shape index (κ3) is 14.3. The van der Waals surface area contributed by atoms with E-state index in [9.17, 15) is 4.79 Å². The van der Waals surface area contributed by atoms with Crippen molar-refractivity contribution in [3.8, 4) is 6.07 Å². The summed E-state index contributed by atoms with van der Waals surface area (Å²) in [5.74, 6) is -0.450. The maximum atomic E-state index is 11.8. The largest absolute Gasteiger partial charge is 0.462 e. The molecule has 24 heavy (non-hydrogen) atoms. The van der Waals surface area contributed by atoms with Crippen LogP contribution in [0.15, 0.2) is 11.6 Å². The Balaban J connectivity index is 3.69. The third-order valence-corrected chi connectivity index (χ3v) is 4.23. The van der Waals surface area contributed by atoms with Crippen LogP contribution in [0.5, 0.6) is 0 Å². The molecular formula is C21H37NO2. The van der Waals surface area contributed by atoms with E-state index in [-0.39, 0.29) is 5.57 Å². The molecular weight excluding hydrogens is 298 g/mol. The summed E-state index contributed by atoms with van der Waals surface area (Å²) in [4.78, 5) is 11.8. The van der Waals surface area contributed by atoms with Gasteiger partial charge < -0.3 is 4.74 Å². The van der Waals surface area contributed by atoms with Crippen LogP contribution >= 0.6 is 0 Å². The summed E-state index contributed by atoms with van der Waals surface area (Å²) >= 11 is 0. The minimum absolute atomic E-state index is 0.173. The number of allylic oxidation sites excluding steroid dienone is 1. The number of carbonyl (C=O) groups excluding carboxylic acids is 1. The van der Waals surface area contributed by atoms with Crippen molar-refractivity contribution in [2.75, 3.05) is 6.61 Å². The number of ether oxygens (including phenoxy) is 1. The van der Waals surface area contributed by atoms with Gasteiger partial charge in [0.15, 0.2) is 0 Å². The van der Waals surface area contributed by atoms with Gasteiger partial charge in [0.05, 0.1) is 6.61 Å². The summed E-state index contributed by atoms with van der Waals surface area (Å²) < 4.78 is 5.20. The normalized spacial score (nSPS) is 11.3. The van der Waals surface area contributed by atoms with Gasteiger partial charge in [-0.25, -0.2) is 4.79 Å². The van der Waals surface area contributed by atoms with Crippen molar-refractivity contribution in [2.24, 2.45) is 0 Å². The van der Waals surface area contributed by atoms with Crippen molar-refractivity contribution >= 4 is 5.97 Å². The lowest BCUT2D eigenvalue weighted by Crippen LogP contribution is -2.08. The maximum Gasteiger partial charge on any atom is 0.348 e. The molecule has 0 aliphatic heterocycles. The Kier molecular flexibility index (Phi) is 17.1. The minimum atomic E-state index is -0.450. The van der Waals surface area contributed by atoms with Gasteiger partial charge in [-0.05, 0) is 19.3 Å². The quantitative estimate of drug-likeness (QED) is 0.140. The van der Waals surface area contributed by atoms with E-state index in [0.717, 1.165) is 25.7 Å². The lowest BCUT2D eigenvalue weighted by atomic mass is 10.1. The minimum Gasteiger partial charge on any atom is -0.462 e. The Bertz CT molecular complexity index is 369. The molecule has 0 heterocycles. The molecule has 0 N–H and O–H groups in total. The molecule has 0 spiro atoms. The Morgan fingerprint density at radius 3 is 1.88 bits per heavy atom. The summed E-state index contributed by atoms with van der Waals surface area (Å²) in [7, 11) is 0. The van der Waals surface area contributed by atoms with Gasteiger partial charge in [-0.1, -0.05) is 90.6 Å². The van der Waals surface area contributed by atoms with Crippen LogP contribution in [0.3, 0.4) is 0 Å². The molecule has 0 amide bonds. The number of nitriles is 1. The first-order valence-electron chi connectivity index (χ1n) is 10.0. The van der Waals surface area contributed by atoms with E-state index in [1.165, 1.54) is 64.2 Å². The second-order valence-electron chi connectivity index (χ2n) is 6.54. The fourth-order valence-electron chi connectivity index (χ4n) is 2.65. The highest BCUT2D eigenvalue weighted by atomic mass is 16.5. The summed E-state index contributed by atoms with van der Waals surface area (Å²) in [5.41, 5.74) is 0.173. The number of hydrogen-bond donors (Lipinski definition) is 0. The maximum absolute atomic E-state index is 11.8. The van der Waals surface area contributed by atoms with Crippen LogP contribution < -0.4 is 0 Å². The molecule has 0 unspecified atom stereocenters. The van der Waals surface area contributed by atoms with Crippen LogP contribution in [0.25, 0.3) is 0 Å². The first kappa shape index (κ1) is 22.7. The van der Waals surface area contributed by atoms with Gasteiger partial charge in [-0.2, -0.15) is 5.26 Å². The molecule has 0 saturated heterocycles. The SMILES string of the molecule is CCCCCCCC/C=C(\C#N)C(=O)OCCCCCCCCC. The predicted octanol–water partition coefficient (Wildman–Crippen LogP) is 6.48. The average molecular weight is 336 g/mol. The Hall–Kier alpha value is -1.30. The summed E-state index contributed by atoms with van der Waals surface area (Å²) in [5, 5.41) is 9.07. The topological polar surface area (TPSA) is 50.1 Å². The van der Waals surface area contributed by atoms with Crippen LogP contribution in [0.2, 0.25) is 0 Å². The van der Waals surface area contributed by atoms with Crippen LogP contribution in [-0.4, -0.2) is 12.6 Å². The highest BCUT2D eigenvalue weighted by Gasteiger charge is 2.09. The molecule has 0 aliphatic rings. The fourth-order valence-corrected chi connectivity index (χ4v) is 2.65. The Morgan fingerprint density at radius 1 is 0.833 bits per heavy atom. The van der Waals surface area contributed by atoms with E-state index in [2.05, 4.69) is 13.8 Å². The van der Waals surface area contributed by atoms with Gasteiger partial charge in [-0.3, -0.25) is 0 Å². The van der Waals surface area contributed by atoms with Crippen LogP contribution in [0, 0.1) is 11.3 Å². The van der Waals surface area contributed by atoms with E-state index in [4.69, 9.17) is 10.00 Å². The number of esters is 1. The molecule has 0 atom stereocenters. The van der Waals surface area contributed by atoms with E-state index in [1.807, 2.05) is 6.07 Å². The lowest BCUT2D eigenvalue weighted by molar-refractivity contribution is -0.138. The molecule has 3 nitrogen and oxygen atoms in total. The Labute approximate surface area is 149 Å². The average Bonchev–Trinajstić information content (AvgIpc) is 2.59. The van der Waals surface area contributed by atoms with Gasteiger partial charge in [-0.15, -0.1) is 0 Å². The molecule has 0 bridgehead atoms. The second-order valence-corrected chi connectivity index (χ2v) is 6.54. The molecule has 0 aliphatic carbocycles. The first-order chi connectivity index (χ1) is 11.8. The number of hydrogen-bond acceptors (Lipinski definition) is 3. The fraction of sp³-hybridized carbons (Fsp3) is 0.810. The van der Waals surface area contributed by atoms with Crippen LogP contribution in [-0.2, 0) is 9.53 Å². The summed E-state index contributed by atoms with van der Waals surface area (Å²) in [6, 6.07) is 1.97. The van der Waals surface area contributed by atoms with Crippen molar-refractivity contribution in [2.45, 2.75) is 104 Å². The van der Waals surface area contributed by atoms with Crippen molar-refractivity contribution < 1.29 is 9.53 Å². The van der Waals surface area contributed by atoms with E-state index in [1.54, 1.807) is 6.08 Å². The Morgan fingerprint density at radius 2 is 1.33 bits per heavy atom. The number of rotatable bonds is 16. The van der Waals surface area contributed by atoms with Gasteiger partial charge in [0.2, 0.25) is 0 Å². The monoisotopic (exact) mass is 335 g/mol. The summed E-state index contributed by atoms with van der Waals surface area (Å²) in [6.07, 6.45) is 18.2. The smallest absolute Gasteiger partial charge is 0.348 e.